The van der Waals surface area contributed by atoms with E-state index >= 15 is 0 Å². The number of nitrogens with zero attached hydrogens (tertiary/aromatic N) is 3. The lowest BCUT2D eigenvalue weighted by atomic mass is 9.72. The molecule has 2 saturated heterocycles. The van der Waals surface area contributed by atoms with Gasteiger partial charge >= 0.3 is 12.1 Å². The van der Waals surface area contributed by atoms with E-state index in [4.69, 9.17) is 4.74 Å². The van der Waals surface area contributed by atoms with Crippen LogP contribution in [-0.2, 0) is 14.3 Å². The Bertz CT molecular complexity index is 684. The quantitative estimate of drug-likeness (QED) is 0.564. The molecule has 190 valence electrons. The summed E-state index contributed by atoms with van der Waals surface area (Å²) in [5.74, 6) is -1.17. The van der Waals surface area contributed by atoms with Crippen LogP contribution in [0.5, 0.6) is 0 Å². The average molecular weight is 476 g/mol. The Hall–Kier alpha value is -1.35. The minimum absolute atomic E-state index is 0.120. The number of carbonyl (C=O) groups is 2. The van der Waals surface area contributed by atoms with Crippen LogP contribution in [0, 0.1) is 11.8 Å². The van der Waals surface area contributed by atoms with Crippen LogP contribution in [0.3, 0.4) is 0 Å². The van der Waals surface area contributed by atoms with Crippen molar-refractivity contribution in [2.75, 3.05) is 33.3 Å². The molecule has 2 amide bonds. The van der Waals surface area contributed by atoms with Gasteiger partial charge in [0, 0.05) is 25.7 Å². The molecule has 6 nitrogen and oxygen atoms in total. The Kier molecular flexibility index (Phi) is 8.70. The molecule has 9 heteroatoms. The first kappa shape index (κ1) is 26.3. The van der Waals surface area contributed by atoms with Gasteiger partial charge in [-0.2, -0.15) is 13.2 Å². The summed E-state index contributed by atoms with van der Waals surface area (Å²) in [5.41, 5.74) is 0. The fourth-order valence-corrected chi connectivity index (χ4v) is 6.28. The van der Waals surface area contributed by atoms with E-state index in [9.17, 15) is 22.8 Å². The Labute approximate surface area is 195 Å². The number of piperazine rings is 1. The van der Waals surface area contributed by atoms with E-state index in [0.717, 1.165) is 43.7 Å². The topological polar surface area (TPSA) is 53.1 Å². The molecule has 3 aliphatic rings. The highest BCUT2D eigenvalue weighted by atomic mass is 19.4. The van der Waals surface area contributed by atoms with Gasteiger partial charge in [-0.05, 0) is 70.9 Å². The van der Waals surface area contributed by atoms with Crippen molar-refractivity contribution in [1.29, 1.82) is 0 Å². The fourth-order valence-electron chi connectivity index (χ4n) is 6.28. The lowest BCUT2D eigenvalue weighted by molar-refractivity contribution is -0.199. The molecule has 3 rings (SSSR count). The van der Waals surface area contributed by atoms with Crippen molar-refractivity contribution in [2.24, 2.45) is 11.8 Å². The van der Waals surface area contributed by atoms with Crippen molar-refractivity contribution in [2.45, 2.75) is 96.1 Å². The van der Waals surface area contributed by atoms with Gasteiger partial charge in [0.15, 0.2) is 0 Å². The summed E-state index contributed by atoms with van der Waals surface area (Å²) in [7, 11) is 2.11. The third-order valence-corrected chi connectivity index (χ3v) is 7.82. The first-order valence-electron chi connectivity index (χ1n) is 12.6. The van der Waals surface area contributed by atoms with Gasteiger partial charge in [-0.3, -0.25) is 9.59 Å². The van der Waals surface area contributed by atoms with Gasteiger partial charge in [-0.1, -0.05) is 20.3 Å². The molecular weight excluding hydrogens is 435 g/mol. The fraction of sp³-hybridized carbons (Fsp3) is 0.917. The Morgan fingerprint density at radius 3 is 2.45 bits per heavy atom. The second-order valence-electron chi connectivity index (χ2n) is 10.2. The summed E-state index contributed by atoms with van der Waals surface area (Å²) in [5, 5.41) is 0. The highest BCUT2D eigenvalue weighted by molar-refractivity contribution is 5.84. The van der Waals surface area contributed by atoms with Crippen LogP contribution in [0.25, 0.3) is 0 Å². The zero-order valence-electron chi connectivity index (χ0n) is 20.4. The van der Waals surface area contributed by atoms with E-state index in [1.54, 1.807) is 11.8 Å². The van der Waals surface area contributed by atoms with Gasteiger partial charge in [0.25, 0.3) is 5.91 Å². The predicted octanol–water partition coefficient (Wildman–Crippen LogP) is 3.69. The molecule has 0 N–H and O–H groups in total. The van der Waals surface area contributed by atoms with E-state index in [1.165, 1.54) is 0 Å². The molecular formula is C24H40F3N3O3. The zero-order valence-corrected chi connectivity index (χ0v) is 20.4. The predicted molar refractivity (Wildman–Crippen MR) is 120 cm³/mol. The van der Waals surface area contributed by atoms with Crippen LogP contribution in [-0.4, -0.2) is 90.2 Å². The lowest BCUT2D eigenvalue weighted by Crippen LogP contribution is -2.69. The molecule has 0 aromatic rings. The summed E-state index contributed by atoms with van der Waals surface area (Å²) in [6, 6.07) is -1.68. The molecule has 0 bridgehead atoms. The van der Waals surface area contributed by atoms with Crippen LogP contribution < -0.4 is 0 Å². The largest absolute Gasteiger partial charge is 0.471 e. The van der Waals surface area contributed by atoms with E-state index in [1.807, 2.05) is 0 Å². The minimum Gasteiger partial charge on any atom is -0.368 e. The van der Waals surface area contributed by atoms with E-state index < -0.39 is 36.3 Å². The molecule has 0 aromatic carbocycles. The summed E-state index contributed by atoms with van der Waals surface area (Å²) in [4.78, 5) is 30.8. The van der Waals surface area contributed by atoms with Crippen LogP contribution >= 0.6 is 0 Å². The molecule has 6 atom stereocenters. The first-order chi connectivity index (χ1) is 15.6. The van der Waals surface area contributed by atoms with E-state index in [-0.39, 0.29) is 12.5 Å². The van der Waals surface area contributed by atoms with Crippen LogP contribution in [0.1, 0.15) is 65.7 Å². The number of hydrogen-bond acceptors (Lipinski definition) is 4. The van der Waals surface area contributed by atoms with Crippen molar-refractivity contribution in [1.82, 2.24) is 14.7 Å². The average Bonchev–Trinajstić information content (AvgIpc) is 3.30. The summed E-state index contributed by atoms with van der Waals surface area (Å²) < 4.78 is 46.0. The van der Waals surface area contributed by atoms with Gasteiger partial charge in [0.2, 0.25) is 0 Å². The molecule has 0 aromatic heterocycles. The molecule has 0 radical (unpaired) electrons. The molecule has 1 aliphatic carbocycles. The maximum Gasteiger partial charge on any atom is 0.471 e. The number of alkyl halides is 3. The Balaban J connectivity index is 1.85. The highest BCUT2D eigenvalue weighted by Crippen LogP contribution is 2.41. The third kappa shape index (κ3) is 5.84. The molecule has 6 unspecified atom stereocenters. The zero-order chi connectivity index (χ0) is 24.3. The smallest absolute Gasteiger partial charge is 0.368 e. The number of rotatable bonds is 7. The summed E-state index contributed by atoms with van der Waals surface area (Å²) in [6.45, 7) is 8.53. The van der Waals surface area contributed by atoms with Gasteiger partial charge in [-0.25, -0.2) is 0 Å². The van der Waals surface area contributed by atoms with Gasteiger partial charge in [0.1, 0.15) is 6.10 Å². The van der Waals surface area contributed by atoms with Crippen molar-refractivity contribution in [3.63, 3.8) is 0 Å². The number of carbonyl (C=O) groups excluding carboxylic acids is 2. The standard InChI is InChI=1S/C24H40F3N3O3/c1-5-11-28(4)15-17(6-2)18-9-10-19-20(13-18)29(22(31)21-8-7-12-33-21)14-16(3)30(19)23(32)24(25,26)27/h16-21H,5-15H2,1-4H3. The van der Waals surface area contributed by atoms with Crippen LogP contribution in [0.2, 0.25) is 0 Å². The molecule has 1 saturated carbocycles. The van der Waals surface area contributed by atoms with Gasteiger partial charge < -0.3 is 19.4 Å². The molecule has 33 heavy (non-hydrogen) atoms. The number of amides is 2. The third-order valence-electron chi connectivity index (χ3n) is 7.82. The highest BCUT2D eigenvalue weighted by Gasteiger charge is 2.54. The van der Waals surface area contributed by atoms with Crippen molar-refractivity contribution in [3.8, 4) is 0 Å². The van der Waals surface area contributed by atoms with E-state index in [0.29, 0.717) is 37.7 Å². The second-order valence-corrected chi connectivity index (χ2v) is 10.2. The number of ether oxygens (including phenoxy) is 1. The number of hydrogen-bond donors (Lipinski definition) is 0. The SMILES string of the molecule is CCCN(C)CC(CC)C1CCC2C(C1)N(C(=O)C1CCCO1)CC(C)N2C(=O)C(F)(F)F. The lowest BCUT2D eigenvalue weighted by Gasteiger charge is -2.55. The van der Waals surface area contributed by atoms with Crippen LogP contribution in [0.15, 0.2) is 0 Å². The number of fused-ring (bicyclic) bond motifs is 1. The molecule has 2 heterocycles. The minimum atomic E-state index is -4.91. The first-order valence-corrected chi connectivity index (χ1v) is 12.6. The van der Waals surface area contributed by atoms with Crippen molar-refractivity contribution in [3.05, 3.63) is 0 Å². The summed E-state index contributed by atoms with van der Waals surface area (Å²) >= 11 is 0. The monoisotopic (exact) mass is 475 g/mol. The molecule has 2 aliphatic heterocycles. The maximum absolute atomic E-state index is 13.4. The van der Waals surface area contributed by atoms with Gasteiger partial charge in [0.05, 0.1) is 12.1 Å². The van der Waals surface area contributed by atoms with Crippen molar-refractivity contribution >= 4 is 11.8 Å². The van der Waals surface area contributed by atoms with E-state index in [2.05, 4.69) is 25.8 Å². The summed E-state index contributed by atoms with van der Waals surface area (Å²) in [6.07, 6.45) is -0.00954. The van der Waals surface area contributed by atoms with Gasteiger partial charge in [-0.15, -0.1) is 0 Å². The van der Waals surface area contributed by atoms with Crippen molar-refractivity contribution < 1.29 is 27.5 Å². The molecule has 0 spiro atoms. The Morgan fingerprint density at radius 2 is 1.88 bits per heavy atom. The van der Waals surface area contributed by atoms with Crippen LogP contribution in [0.4, 0.5) is 13.2 Å². The normalized spacial score (nSPS) is 31.6. The molecule has 3 fully saturated rings. The Morgan fingerprint density at radius 1 is 1.15 bits per heavy atom. The number of halogens is 3. The second kappa shape index (κ2) is 10.9. The maximum atomic E-state index is 13.4.